The summed E-state index contributed by atoms with van der Waals surface area (Å²) in [5, 5.41) is 4.86. The Labute approximate surface area is 179 Å². The predicted molar refractivity (Wildman–Crippen MR) is 116 cm³/mol. The highest BCUT2D eigenvalue weighted by atomic mass is 35.5. The quantitative estimate of drug-likeness (QED) is 0.472. The molecule has 0 unspecified atom stereocenters. The van der Waals surface area contributed by atoms with Crippen molar-refractivity contribution in [2.45, 2.75) is 6.42 Å². The van der Waals surface area contributed by atoms with E-state index in [1.165, 1.54) is 0 Å². The number of methoxy groups -OCH3 is 2. The largest absolute Gasteiger partial charge is 0.497 e. The summed E-state index contributed by atoms with van der Waals surface area (Å²) in [5.41, 5.74) is 0.892. The number of thiazole rings is 1. The Balaban J connectivity index is 1.82. The standard InChI is InChI=1S/C21H16ClN3O4S/c1-28-15-7-8-17(29-2)13(10-15)11-18-20(27)25-21(30-18)23-19(26)16(24-25)9-12-3-5-14(22)6-4-12/h3-8,10-11H,9H2,1-2H3/b18-11-. The molecule has 0 saturated heterocycles. The van der Waals surface area contributed by atoms with Gasteiger partial charge >= 0.3 is 0 Å². The van der Waals surface area contributed by atoms with Crippen LogP contribution in [0.25, 0.3) is 11.0 Å². The van der Waals surface area contributed by atoms with Crippen LogP contribution in [0.5, 0.6) is 11.5 Å². The Morgan fingerprint density at radius 3 is 2.57 bits per heavy atom. The molecule has 2 heterocycles. The molecule has 4 aromatic rings. The molecular formula is C21H16ClN3O4S. The zero-order chi connectivity index (χ0) is 21.3. The van der Waals surface area contributed by atoms with E-state index in [0.717, 1.165) is 21.4 Å². The summed E-state index contributed by atoms with van der Waals surface area (Å²) >= 11 is 6.99. The Hall–Kier alpha value is -3.23. The van der Waals surface area contributed by atoms with Crippen LogP contribution >= 0.6 is 22.9 Å². The zero-order valence-electron chi connectivity index (χ0n) is 16.1. The van der Waals surface area contributed by atoms with Crippen molar-refractivity contribution in [1.82, 2.24) is 14.6 Å². The second-order valence-electron chi connectivity index (χ2n) is 6.38. The lowest BCUT2D eigenvalue weighted by molar-refractivity contribution is 0.402. The molecule has 7 nitrogen and oxygen atoms in total. The molecule has 0 aliphatic heterocycles. The molecule has 0 N–H and O–H groups in total. The summed E-state index contributed by atoms with van der Waals surface area (Å²) in [5.74, 6) is 1.22. The summed E-state index contributed by atoms with van der Waals surface area (Å²) in [6.45, 7) is 0. The van der Waals surface area contributed by atoms with Crippen molar-refractivity contribution in [3.63, 3.8) is 0 Å². The van der Waals surface area contributed by atoms with Crippen molar-refractivity contribution in [2.75, 3.05) is 14.2 Å². The highest BCUT2D eigenvalue weighted by molar-refractivity contribution is 7.15. The van der Waals surface area contributed by atoms with Gasteiger partial charge in [0, 0.05) is 17.0 Å². The van der Waals surface area contributed by atoms with Crippen LogP contribution in [-0.4, -0.2) is 28.8 Å². The molecule has 0 atom stereocenters. The molecule has 2 aromatic carbocycles. The van der Waals surface area contributed by atoms with Crippen molar-refractivity contribution >= 4 is 34.0 Å². The summed E-state index contributed by atoms with van der Waals surface area (Å²) in [4.78, 5) is 29.6. The van der Waals surface area contributed by atoms with E-state index in [0.29, 0.717) is 26.6 Å². The molecule has 0 aliphatic carbocycles. The number of hydrogen-bond donors (Lipinski definition) is 0. The molecule has 0 fully saturated rings. The van der Waals surface area contributed by atoms with E-state index in [1.807, 2.05) is 0 Å². The topological polar surface area (TPSA) is 82.8 Å². The monoisotopic (exact) mass is 441 g/mol. The summed E-state index contributed by atoms with van der Waals surface area (Å²) in [6, 6.07) is 12.4. The number of hydrogen-bond acceptors (Lipinski definition) is 7. The molecule has 30 heavy (non-hydrogen) atoms. The van der Waals surface area contributed by atoms with Crippen LogP contribution in [0.2, 0.25) is 5.02 Å². The summed E-state index contributed by atoms with van der Waals surface area (Å²) < 4.78 is 12.2. The van der Waals surface area contributed by atoms with Gasteiger partial charge in [0.2, 0.25) is 4.96 Å². The lowest BCUT2D eigenvalue weighted by Gasteiger charge is -2.06. The lowest BCUT2D eigenvalue weighted by Crippen LogP contribution is -2.28. The number of fused-ring (bicyclic) bond motifs is 1. The van der Waals surface area contributed by atoms with Gasteiger partial charge in [0.15, 0.2) is 0 Å². The molecule has 9 heteroatoms. The maximum absolute atomic E-state index is 12.9. The first-order valence-corrected chi connectivity index (χ1v) is 10.1. The fraction of sp³-hybridized carbons (Fsp3) is 0.143. The average Bonchev–Trinajstić information content (AvgIpc) is 3.04. The van der Waals surface area contributed by atoms with Gasteiger partial charge in [-0.3, -0.25) is 9.59 Å². The van der Waals surface area contributed by atoms with Crippen LogP contribution in [0.15, 0.2) is 52.1 Å². The van der Waals surface area contributed by atoms with Crippen LogP contribution < -0.4 is 25.1 Å². The van der Waals surface area contributed by atoms with Gasteiger partial charge in [0.1, 0.15) is 17.2 Å². The van der Waals surface area contributed by atoms with Crippen LogP contribution in [0.4, 0.5) is 0 Å². The number of benzene rings is 2. The minimum atomic E-state index is -0.461. The Morgan fingerprint density at radius 2 is 1.87 bits per heavy atom. The number of ether oxygens (including phenoxy) is 2. The smallest absolute Gasteiger partial charge is 0.296 e. The second-order valence-corrected chi connectivity index (χ2v) is 7.83. The predicted octanol–water partition coefficient (Wildman–Crippen LogP) is 2.32. The van der Waals surface area contributed by atoms with Crippen molar-refractivity contribution in [1.29, 1.82) is 0 Å². The minimum absolute atomic E-state index is 0.190. The molecule has 0 amide bonds. The first kappa shape index (κ1) is 20.1. The SMILES string of the molecule is COc1ccc(OC)c(/C=c2\sc3nc(=O)c(Cc4ccc(Cl)cc4)nn3c2=O)c1. The van der Waals surface area contributed by atoms with Gasteiger partial charge < -0.3 is 9.47 Å². The minimum Gasteiger partial charge on any atom is -0.497 e. The molecule has 0 aliphatic rings. The van der Waals surface area contributed by atoms with Crippen molar-refractivity contribution in [3.8, 4) is 11.5 Å². The number of halogens is 1. The van der Waals surface area contributed by atoms with Gasteiger partial charge in [-0.25, -0.2) is 0 Å². The molecule has 2 aromatic heterocycles. The molecular weight excluding hydrogens is 426 g/mol. The second kappa shape index (κ2) is 8.25. The third kappa shape index (κ3) is 3.92. The Bertz CT molecular complexity index is 1400. The first-order chi connectivity index (χ1) is 14.5. The van der Waals surface area contributed by atoms with E-state index in [4.69, 9.17) is 21.1 Å². The maximum atomic E-state index is 12.9. The van der Waals surface area contributed by atoms with E-state index in [-0.39, 0.29) is 22.6 Å². The summed E-state index contributed by atoms with van der Waals surface area (Å²) in [7, 11) is 3.11. The number of nitrogens with zero attached hydrogens (tertiary/aromatic N) is 3. The van der Waals surface area contributed by atoms with Gasteiger partial charge in [-0.2, -0.15) is 14.6 Å². The van der Waals surface area contributed by atoms with E-state index in [1.54, 1.807) is 62.8 Å². The van der Waals surface area contributed by atoms with Gasteiger partial charge in [-0.15, -0.1) is 0 Å². The molecule has 0 bridgehead atoms. The fourth-order valence-electron chi connectivity index (χ4n) is 2.94. The lowest BCUT2D eigenvalue weighted by atomic mass is 10.1. The fourth-order valence-corrected chi connectivity index (χ4v) is 3.96. The molecule has 152 valence electrons. The van der Waals surface area contributed by atoms with Crippen molar-refractivity contribution in [3.05, 3.63) is 89.5 Å². The van der Waals surface area contributed by atoms with Crippen molar-refractivity contribution < 1.29 is 9.47 Å². The Morgan fingerprint density at radius 1 is 1.10 bits per heavy atom. The van der Waals surface area contributed by atoms with E-state index >= 15 is 0 Å². The average molecular weight is 442 g/mol. The van der Waals surface area contributed by atoms with Crippen LogP contribution in [0.1, 0.15) is 16.8 Å². The van der Waals surface area contributed by atoms with Gasteiger partial charge in [0.25, 0.3) is 11.1 Å². The highest BCUT2D eigenvalue weighted by Gasteiger charge is 2.12. The van der Waals surface area contributed by atoms with E-state index in [2.05, 4.69) is 10.1 Å². The van der Waals surface area contributed by atoms with E-state index in [9.17, 15) is 9.59 Å². The van der Waals surface area contributed by atoms with Gasteiger partial charge in [-0.05, 0) is 42.0 Å². The maximum Gasteiger partial charge on any atom is 0.296 e. The third-order valence-corrected chi connectivity index (χ3v) is 5.67. The van der Waals surface area contributed by atoms with Crippen LogP contribution in [0.3, 0.4) is 0 Å². The van der Waals surface area contributed by atoms with Gasteiger partial charge in [0.05, 0.1) is 18.8 Å². The van der Waals surface area contributed by atoms with Crippen LogP contribution in [-0.2, 0) is 6.42 Å². The first-order valence-electron chi connectivity index (χ1n) is 8.89. The van der Waals surface area contributed by atoms with E-state index < -0.39 is 5.56 Å². The Kier molecular flexibility index (Phi) is 5.52. The normalized spacial score (nSPS) is 11.8. The highest BCUT2D eigenvalue weighted by Crippen LogP contribution is 2.24. The molecule has 0 saturated carbocycles. The third-order valence-electron chi connectivity index (χ3n) is 4.46. The molecule has 0 spiro atoms. The summed E-state index contributed by atoms with van der Waals surface area (Å²) in [6.07, 6.45) is 1.93. The molecule has 0 radical (unpaired) electrons. The van der Waals surface area contributed by atoms with Gasteiger partial charge in [-0.1, -0.05) is 35.1 Å². The van der Waals surface area contributed by atoms with Crippen molar-refractivity contribution in [2.24, 2.45) is 0 Å². The molecule has 4 rings (SSSR count). The number of aromatic nitrogens is 3. The van der Waals surface area contributed by atoms with Crippen LogP contribution in [0, 0.1) is 0 Å². The zero-order valence-corrected chi connectivity index (χ0v) is 17.7. The number of rotatable bonds is 5.